The molecule has 0 radical (unpaired) electrons. The molecule has 0 aliphatic carbocycles. The third-order valence-electron chi connectivity index (χ3n) is 11.4. The average Bonchev–Trinajstić information content (AvgIpc) is 3.36. The van der Waals surface area contributed by atoms with E-state index in [4.69, 9.17) is 19.9 Å². The minimum Gasteiger partial charge on any atom is -0.310 e. The summed E-state index contributed by atoms with van der Waals surface area (Å²) in [5.41, 5.74) is 15.8. The number of para-hydroxylation sites is 2. The number of aryl methyl sites for hydroxylation is 2. The lowest BCUT2D eigenvalue weighted by molar-refractivity contribution is 1.02. The first-order valence-electron chi connectivity index (χ1n) is 21.5. The first kappa shape index (κ1) is 39.6. The van der Waals surface area contributed by atoms with Gasteiger partial charge in [-0.2, -0.15) is 0 Å². The van der Waals surface area contributed by atoms with Crippen LogP contribution in [0.25, 0.3) is 56.2 Å². The van der Waals surface area contributed by atoms with Crippen molar-refractivity contribution >= 4 is 34.6 Å². The predicted molar refractivity (Wildman–Crippen MR) is 264 cm³/mol. The standard InChI is InChI=1S/C58H44N6/c1-41-37-49(63(47-29-17-7-18-30-47)48-31-19-8-20-32-48)33-35-51(41)52-36-34-50(38-42(52)2)64(57-59-53(43-21-9-3-10-22-43)39-54(60-57)44-23-11-4-12-24-44)58-61-55(45-25-13-5-14-26-45)40-56(62-58)46-27-15-6-16-28-46/h3-40H,1-2H3. The molecule has 0 saturated heterocycles. The van der Waals surface area contributed by atoms with Crippen LogP contribution in [0, 0.1) is 13.8 Å². The number of rotatable bonds is 11. The van der Waals surface area contributed by atoms with E-state index in [0.29, 0.717) is 11.9 Å². The van der Waals surface area contributed by atoms with Gasteiger partial charge in [0.1, 0.15) is 0 Å². The molecule has 10 aromatic rings. The highest BCUT2D eigenvalue weighted by Crippen LogP contribution is 2.41. The van der Waals surface area contributed by atoms with Crippen molar-refractivity contribution in [2.24, 2.45) is 0 Å². The predicted octanol–water partition coefficient (Wildman–Crippen LogP) is 15.2. The maximum atomic E-state index is 5.32. The van der Waals surface area contributed by atoms with Crippen LogP contribution in [0.4, 0.5) is 34.6 Å². The molecule has 0 unspecified atom stereocenters. The Morgan fingerprint density at radius 3 is 0.844 bits per heavy atom. The van der Waals surface area contributed by atoms with Crippen molar-refractivity contribution in [3.8, 4) is 56.2 Å². The highest BCUT2D eigenvalue weighted by Gasteiger charge is 2.24. The molecule has 10 rings (SSSR count). The number of anilines is 6. The molecule has 0 spiro atoms. The van der Waals surface area contributed by atoms with Gasteiger partial charge in [-0.1, -0.05) is 170 Å². The van der Waals surface area contributed by atoms with E-state index < -0.39 is 0 Å². The Kier molecular flexibility index (Phi) is 11.1. The van der Waals surface area contributed by atoms with Crippen molar-refractivity contribution in [3.63, 3.8) is 0 Å². The van der Waals surface area contributed by atoms with Crippen LogP contribution in [0.1, 0.15) is 11.1 Å². The summed E-state index contributed by atoms with van der Waals surface area (Å²) in [7, 11) is 0. The molecule has 2 aromatic heterocycles. The summed E-state index contributed by atoms with van der Waals surface area (Å²) in [5.74, 6) is 0.915. The molecular weight excluding hydrogens is 781 g/mol. The SMILES string of the molecule is Cc1cc(N(c2ccccc2)c2ccccc2)ccc1-c1ccc(N(c2nc(-c3ccccc3)cc(-c3ccccc3)n2)c2nc(-c3ccccc3)cc(-c3ccccc3)n2)cc1C. The summed E-state index contributed by atoms with van der Waals surface area (Å²) in [6.07, 6.45) is 0. The molecule has 0 bridgehead atoms. The Morgan fingerprint density at radius 1 is 0.266 bits per heavy atom. The second-order valence-corrected chi connectivity index (χ2v) is 15.7. The van der Waals surface area contributed by atoms with E-state index in [9.17, 15) is 0 Å². The molecule has 8 aromatic carbocycles. The second kappa shape index (κ2) is 17.9. The zero-order valence-corrected chi connectivity index (χ0v) is 35.6. The van der Waals surface area contributed by atoms with E-state index in [1.54, 1.807) is 0 Å². The summed E-state index contributed by atoms with van der Waals surface area (Å²) in [5, 5.41) is 0. The average molecular weight is 825 g/mol. The van der Waals surface area contributed by atoms with E-state index in [1.807, 2.05) is 77.7 Å². The van der Waals surface area contributed by atoms with Gasteiger partial charge in [-0.05, 0) is 96.8 Å². The van der Waals surface area contributed by atoms with E-state index in [-0.39, 0.29) is 0 Å². The quantitative estimate of drug-likeness (QED) is 0.129. The van der Waals surface area contributed by atoms with Gasteiger partial charge in [0, 0.05) is 39.3 Å². The van der Waals surface area contributed by atoms with Gasteiger partial charge < -0.3 is 4.90 Å². The van der Waals surface area contributed by atoms with Crippen molar-refractivity contribution in [2.45, 2.75) is 13.8 Å². The monoisotopic (exact) mass is 824 g/mol. The molecule has 0 amide bonds. The van der Waals surface area contributed by atoms with Crippen molar-refractivity contribution in [1.82, 2.24) is 19.9 Å². The third-order valence-corrected chi connectivity index (χ3v) is 11.4. The second-order valence-electron chi connectivity index (χ2n) is 15.7. The number of benzene rings is 8. The van der Waals surface area contributed by atoms with Crippen LogP contribution in [-0.2, 0) is 0 Å². The summed E-state index contributed by atoms with van der Waals surface area (Å²) >= 11 is 0. The number of hydrogen-bond donors (Lipinski definition) is 0. The molecule has 0 atom stereocenters. The van der Waals surface area contributed by atoms with Gasteiger partial charge in [0.2, 0.25) is 11.9 Å². The van der Waals surface area contributed by atoms with Crippen LogP contribution in [0.15, 0.2) is 231 Å². The molecular formula is C58H44N6. The highest BCUT2D eigenvalue weighted by molar-refractivity contribution is 5.83. The zero-order chi connectivity index (χ0) is 43.2. The Bertz CT molecular complexity index is 2880. The Labute approximate surface area is 374 Å². The Balaban J connectivity index is 1.14. The van der Waals surface area contributed by atoms with Crippen LogP contribution in [0.3, 0.4) is 0 Å². The zero-order valence-electron chi connectivity index (χ0n) is 35.6. The molecule has 0 N–H and O–H groups in total. The molecule has 0 aliphatic heterocycles. The lowest BCUT2D eigenvalue weighted by atomic mass is 9.95. The summed E-state index contributed by atoms with van der Waals surface area (Å²) in [4.78, 5) is 25.6. The van der Waals surface area contributed by atoms with Crippen LogP contribution in [-0.4, -0.2) is 19.9 Å². The van der Waals surface area contributed by atoms with Crippen molar-refractivity contribution in [1.29, 1.82) is 0 Å². The van der Waals surface area contributed by atoms with Gasteiger partial charge in [-0.3, -0.25) is 0 Å². The summed E-state index contributed by atoms with van der Waals surface area (Å²) in [6, 6.07) is 79.4. The molecule has 6 nitrogen and oxygen atoms in total. The maximum Gasteiger partial charge on any atom is 0.238 e. The number of hydrogen-bond acceptors (Lipinski definition) is 6. The summed E-state index contributed by atoms with van der Waals surface area (Å²) in [6.45, 7) is 4.35. The van der Waals surface area contributed by atoms with Crippen LogP contribution in [0.2, 0.25) is 0 Å². The van der Waals surface area contributed by atoms with Crippen LogP contribution < -0.4 is 9.80 Å². The Morgan fingerprint density at radius 2 is 0.547 bits per heavy atom. The van der Waals surface area contributed by atoms with Gasteiger partial charge in [-0.15, -0.1) is 0 Å². The first-order chi connectivity index (χ1) is 31.6. The van der Waals surface area contributed by atoms with Gasteiger partial charge in [0.25, 0.3) is 0 Å². The molecule has 306 valence electrons. The fraction of sp³-hybridized carbons (Fsp3) is 0.0345. The molecule has 6 heteroatoms. The van der Waals surface area contributed by atoms with Gasteiger partial charge >= 0.3 is 0 Å². The van der Waals surface area contributed by atoms with Crippen molar-refractivity contribution < 1.29 is 0 Å². The van der Waals surface area contributed by atoms with E-state index in [1.165, 1.54) is 5.56 Å². The molecule has 0 saturated carbocycles. The highest BCUT2D eigenvalue weighted by atomic mass is 15.3. The maximum absolute atomic E-state index is 5.32. The van der Waals surface area contributed by atoms with Gasteiger partial charge in [0.15, 0.2) is 0 Å². The topological polar surface area (TPSA) is 58.0 Å². The van der Waals surface area contributed by atoms with E-state index >= 15 is 0 Å². The molecule has 0 fully saturated rings. The fourth-order valence-corrected chi connectivity index (χ4v) is 8.20. The van der Waals surface area contributed by atoms with E-state index in [0.717, 1.165) is 84.5 Å². The number of nitrogens with zero attached hydrogens (tertiary/aromatic N) is 6. The lowest BCUT2D eigenvalue weighted by Crippen LogP contribution is -2.18. The van der Waals surface area contributed by atoms with Gasteiger partial charge in [-0.25, -0.2) is 24.8 Å². The molecule has 0 aliphatic rings. The molecule has 64 heavy (non-hydrogen) atoms. The number of aromatic nitrogens is 4. The van der Waals surface area contributed by atoms with Crippen LogP contribution in [0.5, 0.6) is 0 Å². The Hall–Kier alpha value is -8.48. The summed E-state index contributed by atoms with van der Waals surface area (Å²) < 4.78 is 0. The normalized spacial score (nSPS) is 11.0. The lowest BCUT2D eigenvalue weighted by Gasteiger charge is -2.26. The minimum absolute atomic E-state index is 0.457. The van der Waals surface area contributed by atoms with Crippen molar-refractivity contribution in [2.75, 3.05) is 9.80 Å². The minimum atomic E-state index is 0.457. The third kappa shape index (κ3) is 8.28. The van der Waals surface area contributed by atoms with Crippen molar-refractivity contribution in [3.05, 3.63) is 242 Å². The smallest absolute Gasteiger partial charge is 0.238 e. The molecule has 2 heterocycles. The first-order valence-corrected chi connectivity index (χ1v) is 21.5. The fourth-order valence-electron chi connectivity index (χ4n) is 8.20. The van der Waals surface area contributed by atoms with Crippen LogP contribution >= 0.6 is 0 Å². The van der Waals surface area contributed by atoms with E-state index in [2.05, 4.69) is 176 Å². The largest absolute Gasteiger partial charge is 0.310 e. The van der Waals surface area contributed by atoms with Gasteiger partial charge in [0.05, 0.1) is 28.5 Å².